The summed E-state index contributed by atoms with van der Waals surface area (Å²) < 4.78 is 13.7. The van der Waals surface area contributed by atoms with Crippen LogP contribution < -0.4 is 11.1 Å². The number of nitrogens with two attached hydrogens (primary N) is 1. The van der Waals surface area contributed by atoms with Gasteiger partial charge in [-0.05, 0) is 30.7 Å². The fraction of sp³-hybridized carbons (Fsp3) is 0.273. The summed E-state index contributed by atoms with van der Waals surface area (Å²) in [4.78, 5) is 0. The van der Waals surface area contributed by atoms with Gasteiger partial charge in [0.15, 0.2) is 5.82 Å². The third-order valence-corrected chi connectivity index (χ3v) is 2.69. The predicted molar refractivity (Wildman–Crippen MR) is 61.3 cm³/mol. The fourth-order valence-electron chi connectivity index (χ4n) is 1.71. The zero-order valence-electron chi connectivity index (χ0n) is 8.19. The van der Waals surface area contributed by atoms with Crippen LogP contribution in [-0.2, 0) is 0 Å². The second kappa shape index (κ2) is 4.21. The molecule has 4 heteroatoms. The third kappa shape index (κ3) is 2.13. The molecule has 0 aliphatic carbocycles. The minimum atomic E-state index is -0.368. The summed E-state index contributed by atoms with van der Waals surface area (Å²) in [7, 11) is 0. The van der Waals surface area contributed by atoms with Gasteiger partial charge in [0.25, 0.3) is 0 Å². The van der Waals surface area contributed by atoms with E-state index in [1.165, 1.54) is 6.07 Å². The van der Waals surface area contributed by atoms with Crippen molar-refractivity contribution < 1.29 is 4.39 Å². The normalized spacial score (nSPS) is 16.3. The average Bonchev–Trinajstić information content (AvgIpc) is 2.24. The summed E-state index contributed by atoms with van der Waals surface area (Å²) in [5.41, 5.74) is 7.14. The number of hydrogen-bond acceptors (Lipinski definition) is 2. The van der Waals surface area contributed by atoms with Crippen LogP contribution >= 0.6 is 11.6 Å². The summed E-state index contributed by atoms with van der Waals surface area (Å²) in [5, 5.41) is 3.65. The SMILES string of the molecule is Nc1cc(Cl)cc(C2=CCNCC2)c1F. The lowest BCUT2D eigenvalue weighted by molar-refractivity contribution is 0.625. The Hall–Kier alpha value is -1.06. The van der Waals surface area contributed by atoms with Crippen LogP contribution in [0.2, 0.25) is 5.02 Å². The Balaban J connectivity index is 2.46. The summed E-state index contributed by atoms with van der Waals surface area (Å²) >= 11 is 5.85. The van der Waals surface area contributed by atoms with E-state index in [4.69, 9.17) is 17.3 Å². The van der Waals surface area contributed by atoms with Crippen LogP contribution in [0.15, 0.2) is 18.2 Å². The van der Waals surface area contributed by atoms with Gasteiger partial charge in [-0.25, -0.2) is 4.39 Å². The van der Waals surface area contributed by atoms with Gasteiger partial charge < -0.3 is 11.1 Å². The minimum Gasteiger partial charge on any atom is -0.396 e. The van der Waals surface area contributed by atoms with E-state index < -0.39 is 0 Å². The van der Waals surface area contributed by atoms with Gasteiger partial charge in [-0.3, -0.25) is 0 Å². The first-order chi connectivity index (χ1) is 7.18. The molecule has 1 aromatic carbocycles. The third-order valence-electron chi connectivity index (χ3n) is 2.48. The Morgan fingerprint density at radius 3 is 2.87 bits per heavy atom. The van der Waals surface area contributed by atoms with Crippen molar-refractivity contribution in [1.82, 2.24) is 5.32 Å². The number of nitrogens with one attached hydrogen (secondary N) is 1. The molecule has 3 N–H and O–H groups in total. The molecule has 0 amide bonds. The highest BCUT2D eigenvalue weighted by molar-refractivity contribution is 6.31. The molecular formula is C11H12ClFN2. The zero-order valence-corrected chi connectivity index (χ0v) is 8.94. The molecule has 0 bridgehead atoms. The van der Waals surface area contributed by atoms with Gasteiger partial charge >= 0.3 is 0 Å². The Morgan fingerprint density at radius 2 is 2.20 bits per heavy atom. The standard InChI is InChI=1S/C11H12ClFN2/c12-8-5-9(11(13)10(14)6-8)7-1-3-15-4-2-7/h1,5-6,15H,2-4,14H2. The first kappa shape index (κ1) is 10.5. The van der Waals surface area contributed by atoms with E-state index in [1.807, 2.05) is 6.08 Å². The number of nitrogen functional groups attached to an aromatic ring is 1. The lowest BCUT2D eigenvalue weighted by atomic mass is 9.99. The molecule has 0 atom stereocenters. The molecule has 0 aromatic heterocycles. The van der Waals surface area contributed by atoms with Crippen molar-refractivity contribution >= 4 is 22.9 Å². The van der Waals surface area contributed by atoms with E-state index in [2.05, 4.69) is 5.32 Å². The van der Waals surface area contributed by atoms with E-state index in [9.17, 15) is 4.39 Å². The Labute approximate surface area is 92.9 Å². The molecule has 0 unspecified atom stereocenters. The number of hydrogen-bond donors (Lipinski definition) is 2. The van der Waals surface area contributed by atoms with Gasteiger partial charge in [0.05, 0.1) is 5.69 Å². The van der Waals surface area contributed by atoms with E-state index in [1.54, 1.807) is 6.07 Å². The molecule has 0 spiro atoms. The Morgan fingerprint density at radius 1 is 1.40 bits per heavy atom. The Bertz CT molecular complexity index is 415. The van der Waals surface area contributed by atoms with Crippen molar-refractivity contribution in [3.8, 4) is 0 Å². The lowest BCUT2D eigenvalue weighted by Gasteiger charge is -2.15. The van der Waals surface area contributed by atoms with Gasteiger partial charge in [-0.2, -0.15) is 0 Å². The smallest absolute Gasteiger partial charge is 0.153 e. The molecule has 0 saturated heterocycles. The van der Waals surface area contributed by atoms with E-state index >= 15 is 0 Å². The van der Waals surface area contributed by atoms with Crippen molar-refractivity contribution in [1.29, 1.82) is 0 Å². The molecule has 1 aliphatic heterocycles. The van der Waals surface area contributed by atoms with E-state index in [0.29, 0.717) is 10.6 Å². The highest BCUT2D eigenvalue weighted by atomic mass is 35.5. The lowest BCUT2D eigenvalue weighted by Crippen LogP contribution is -2.20. The van der Waals surface area contributed by atoms with Crippen molar-refractivity contribution in [2.45, 2.75) is 6.42 Å². The summed E-state index contributed by atoms with van der Waals surface area (Å²) in [6, 6.07) is 3.06. The predicted octanol–water partition coefficient (Wildman–Crippen LogP) is 2.44. The topological polar surface area (TPSA) is 38.0 Å². The molecule has 1 aromatic rings. The molecule has 1 heterocycles. The molecule has 1 aliphatic rings. The molecule has 80 valence electrons. The zero-order chi connectivity index (χ0) is 10.8. The first-order valence-corrected chi connectivity index (χ1v) is 5.21. The fourth-order valence-corrected chi connectivity index (χ4v) is 1.94. The van der Waals surface area contributed by atoms with Gasteiger partial charge in [0.2, 0.25) is 0 Å². The van der Waals surface area contributed by atoms with Gasteiger partial charge in [0.1, 0.15) is 0 Å². The van der Waals surface area contributed by atoms with Gasteiger partial charge in [-0.1, -0.05) is 17.7 Å². The van der Waals surface area contributed by atoms with Crippen LogP contribution in [0.25, 0.3) is 5.57 Å². The molecule has 15 heavy (non-hydrogen) atoms. The molecule has 0 radical (unpaired) electrons. The molecule has 0 saturated carbocycles. The van der Waals surface area contributed by atoms with Crippen LogP contribution in [0.5, 0.6) is 0 Å². The van der Waals surface area contributed by atoms with Crippen LogP contribution in [-0.4, -0.2) is 13.1 Å². The number of rotatable bonds is 1. The van der Waals surface area contributed by atoms with Crippen LogP contribution in [0, 0.1) is 5.82 Å². The maximum atomic E-state index is 13.7. The minimum absolute atomic E-state index is 0.108. The van der Waals surface area contributed by atoms with Crippen LogP contribution in [0.3, 0.4) is 0 Å². The van der Waals surface area contributed by atoms with Crippen molar-refractivity contribution in [2.75, 3.05) is 18.8 Å². The second-order valence-electron chi connectivity index (χ2n) is 3.54. The second-order valence-corrected chi connectivity index (χ2v) is 3.98. The first-order valence-electron chi connectivity index (χ1n) is 4.83. The van der Waals surface area contributed by atoms with Crippen molar-refractivity contribution in [3.05, 3.63) is 34.6 Å². The van der Waals surface area contributed by atoms with Crippen LogP contribution in [0.4, 0.5) is 10.1 Å². The molecular weight excluding hydrogens is 215 g/mol. The van der Waals surface area contributed by atoms with Crippen molar-refractivity contribution in [2.24, 2.45) is 0 Å². The maximum Gasteiger partial charge on any atom is 0.153 e. The summed E-state index contributed by atoms with van der Waals surface area (Å²) in [5.74, 6) is -0.368. The monoisotopic (exact) mass is 226 g/mol. The molecule has 2 rings (SSSR count). The van der Waals surface area contributed by atoms with Gasteiger partial charge in [0, 0.05) is 17.1 Å². The van der Waals surface area contributed by atoms with E-state index in [-0.39, 0.29) is 11.5 Å². The maximum absolute atomic E-state index is 13.7. The number of halogens is 2. The Kier molecular flexibility index (Phi) is 2.93. The highest BCUT2D eigenvalue weighted by Gasteiger charge is 2.13. The summed E-state index contributed by atoms with van der Waals surface area (Å²) in [6.07, 6.45) is 2.77. The number of benzene rings is 1. The largest absolute Gasteiger partial charge is 0.396 e. The van der Waals surface area contributed by atoms with E-state index in [0.717, 1.165) is 25.1 Å². The van der Waals surface area contributed by atoms with Gasteiger partial charge in [-0.15, -0.1) is 0 Å². The molecule has 2 nitrogen and oxygen atoms in total. The van der Waals surface area contributed by atoms with Crippen LogP contribution in [0.1, 0.15) is 12.0 Å². The highest BCUT2D eigenvalue weighted by Crippen LogP contribution is 2.29. The average molecular weight is 227 g/mol. The quantitative estimate of drug-likeness (QED) is 0.722. The molecule has 0 fully saturated rings. The summed E-state index contributed by atoms with van der Waals surface area (Å²) in [6.45, 7) is 1.62. The number of anilines is 1. The van der Waals surface area contributed by atoms with Crippen molar-refractivity contribution in [3.63, 3.8) is 0 Å².